The number of rotatable bonds is 6. The zero-order valence-electron chi connectivity index (χ0n) is 11.9. The number of furan rings is 1. The average Bonchev–Trinajstić information content (AvgIpc) is 2.71. The Morgan fingerprint density at radius 2 is 2.05 bits per heavy atom. The first-order valence-corrected chi connectivity index (χ1v) is 6.86. The molecular formula is C16H23NO2. The molecule has 0 saturated carbocycles. The Morgan fingerprint density at radius 1 is 1.32 bits per heavy atom. The number of hydrogen-bond acceptors (Lipinski definition) is 3. The van der Waals surface area contributed by atoms with Crippen molar-refractivity contribution in [2.75, 3.05) is 6.54 Å². The Labute approximate surface area is 114 Å². The summed E-state index contributed by atoms with van der Waals surface area (Å²) in [4.78, 5) is 0. The van der Waals surface area contributed by atoms with E-state index in [4.69, 9.17) is 4.42 Å². The van der Waals surface area contributed by atoms with Crippen LogP contribution in [0.25, 0.3) is 11.0 Å². The van der Waals surface area contributed by atoms with Gasteiger partial charge >= 0.3 is 0 Å². The second-order valence-corrected chi connectivity index (χ2v) is 5.96. The summed E-state index contributed by atoms with van der Waals surface area (Å²) in [5.74, 6) is 0.492. The molecule has 1 aromatic heterocycles. The van der Waals surface area contributed by atoms with Crippen LogP contribution in [-0.4, -0.2) is 17.3 Å². The van der Waals surface area contributed by atoms with Crippen molar-refractivity contribution in [1.29, 1.82) is 0 Å². The van der Waals surface area contributed by atoms with Crippen molar-refractivity contribution in [2.45, 2.75) is 39.3 Å². The Balaban J connectivity index is 1.92. The van der Waals surface area contributed by atoms with Crippen molar-refractivity contribution in [1.82, 2.24) is 5.32 Å². The van der Waals surface area contributed by atoms with Crippen molar-refractivity contribution in [3.63, 3.8) is 0 Å². The molecule has 2 aromatic rings. The Morgan fingerprint density at radius 3 is 2.79 bits per heavy atom. The van der Waals surface area contributed by atoms with E-state index in [2.05, 4.69) is 25.2 Å². The van der Waals surface area contributed by atoms with Gasteiger partial charge in [0.15, 0.2) is 0 Å². The SMILES string of the molecule is CC(C)CC(C)(O)CNCc1coc2ccccc12. The lowest BCUT2D eigenvalue weighted by Gasteiger charge is -2.25. The van der Waals surface area contributed by atoms with Gasteiger partial charge in [0, 0.05) is 24.0 Å². The fourth-order valence-corrected chi connectivity index (χ4v) is 2.59. The molecule has 0 fully saturated rings. The third-order valence-electron chi connectivity index (χ3n) is 3.23. The summed E-state index contributed by atoms with van der Waals surface area (Å²) in [6, 6.07) is 8.00. The Hall–Kier alpha value is -1.32. The van der Waals surface area contributed by atoms with Crippen LogP contribution in [-0.2, 0) is 6.54 Å². The van der Waals surface area contributed by atoms with Crippen LogP contribution >= 0.6 is 0 Å². The molecule has 0 amide bonds. The van der Waals surface area contributed by atoms with Crippen molar-refractivity contribution < 1.29 is 9.52 Å². The smallest absolute Gasteiger partial charge is 0.134 e. The highest BCUT2D eigenvalue weighted by atomic mass is 16.3. The van der Waals surface area contributed by atoms with Crippen molar-refractivity contribution in [2.24, 2.45) is 5.92 Å². The number of benzene rings is 1. The molecule has 0 radical (unpaired) electrons. The first kappa shape index (κ1) is 14.1. The molecule has 1 atom stereocenters. The minimum atomic E-state index is -0.659. The maximum Gasteiger partial charge on any atom is 0.134 e. The van der Waals surface area contributed by atoms with Crippen molar-refractivity contribution in [3.05, 3.63) is 36.1 Å². The summed E-state index contributed by atoms with van der Waals surface area (Å²) in [6.07, 6.45) is 2.58. The first-order chi connectivity index (χ1) is 8.98. The lowest BCUT2D eigenvalue weighted by atomic mass is 9.94. The molecule has 0 aliphatic heterocycles. The molecule has 0 spiro atoms. The summed E-state index contributed by atoms with van der Waals surface area (Å²) in [6.45, 7) is 7.43. The predicted molar refractivity (Wildman–Crippen MR) is 78.0 cm³/mol. The van der Waals surface area contributed by atoms with Gasteiger partial charge in [0.2, 0.25) is 0 Å². The summed E-state index contributed by atoms with van der Waals surface area (Å²) in [5, 5.41) is 14.7. The maximum atomic E-state index is 10.2. The van der Waals surface area contributed by atoms with E-state index < -0.39 is 5.60 Å². The molecule has 1 aromatic carbocycles. The molecule has 2 N–H and O–H groups in total. The van der Waals surface area contributed by atoms with Gasteiger partial charge in [-0.15, -0.1) is 0 Å². The average molecular weight is 261 g/mol. The predicted octanol–water partition coefficient (Wildman–Crippen LogP) is 3.32. The fraction of sp³-hybridized carbons (Fsp3) is 0.500. The molecule has 0 saturated heterocycles. The lowest BCUT2D eigenvalue weighted by molar-refractivity contribution is 0.0383. The van der Waals surface area contributed by atoms with E-state index in [1.54, 1.807) is 6.26 Å². The highest BCUT2D eigenvalue weighted by Gasteiger charge is 2.21. The molecule has 0 aliphatic rings. The number of para-hydroxylation sites is 1. The molecule has 1 unspecified atom stereocenters. The molecule has 2 rings (SSSR count). The number of nitrogens with one attached hydrogen (secondary N) is 1. The second kappa shape index (κ2) is 5.76. The fourth-order valence-electron chi connectivity index (χ4n) is 2.59. The molecule has 3 heteroatoms. The highest BCUT2D eigenvalue weighted by molar-refractivity contribution is 5.80. The van der Waals surface area contributed by atoms with E-state index in [1.807, 2.05) is 25.1 Å². The maximum absolute atomic E-state index is 10.2. The van der Waals surface area contributed by atoms with Gasteiger partial charge in [-0.2, -0.15) is 0 Å². The standard InChI is InChI=1S/C16H23NO2/c1-12(2)8-16(3,18)11-17-9-13-10-19-15-7-5-4-6-14(13)15/h4-7,10,12,17-18H,8-9,11H2,1-3H3. The Bertz CT molecular complexity index is 528. The second-order valence-electron chi connectivity index (χ2n) is 5.96. The molecule has 1 heterocycles. The summed E-state index contributed by atoms with van der Waals surface area (Å²) in [7, 11) is 0. The minimum absolute atomic E-state index is 0.492. The molecular weight excluding hydrogens is 238 g/mol. The zero-order valence-corrected chi connectivity index (χ0v) is 11.9. The van der Waals surface area contributed by atoms with Gasteiger partial charge in [0.05, 0.1) is 11.9 Å². The minimum Gasteiger partial charge on any atom is -0.464 e. The third kappa shape index (κ3) is 3.82. The van der Waals surface area contributed by atoms with Crippen LogP contribution < -0.4 is 5.32 Å². The monoisotopic (exact) mass is 261 g/mol. The quantitative estimate of drug-likeness (QED) is 0.838. The van der Waals surface area contributed by atoms with E-state index in [0.717, 1.165) is 23.0 Å². The summed E-state index contributed by atoms with van der Waals surface area (Å²) < 4.78 is 5.49. The van der Waals surface area contributed by atoms with Crippen molar-refractivity contribution >= 4 is 11.0 Å². The van der Waals surface area contributed by atoms with Gasteiger partial charge in [-0.05, 0) is 25.3 Å². The van der Waals surface area contributed by atoms with Crippen LogP contribution in [0, 0.1) is 5.92 Å². The van der Waals surface area contributed by atoms with Crippen LogP contribution in [0.1, 0.15) is 32.8 Å². The van der Waals surface area contributed by atoms with E-state index in [9.17, 15) is 5.11 Å². The Kier molecular flexibility index (Phi) is 4.27. The lowest BCUT2D eigenvalue weighted by Crippen LogP contribution is -2.38. The van der Waals surface area contributed by atoms with Gasteiger partial charge in [-0.25, -0.2) is 0 Å². The molecule has 3 nitrogen and oxygen atoms in total. The molecule has 19 heavy (non-hydrogen) atoms. The molecule has 0 bridgehead atoms. The van der Waals surface area contributed by atoms with E-state index in [1.165, 1.54) is 0 Å². The van der Waals surface area contributed by atoms with Gasteiger partial charge < -0.3 is 14.8 Å². The van der Waals surface area contributed by atoms with Gasteiger partial charge in [-0.3, -0.25) is 0 Å². The number of hydrogen-bond donors (Lipinski definition) is 2. The zero-order chi connectivity index (χ0) is 13.9. The largest absolute Gasteiger partial charge is 0.464 e. The van der Waals surface area contributed by atoms with Gasteiger partial charge in [0.1, 0.15) is 5.58 Å². The van der Waals surface area contributed by atoms with Crippen molar-refractivity contribution in [3.8, 4) is 0 Å². The van der Waals surface area contributed by atoms with E-state index in [-0.39, 0.29) is 0 Å². The van der Waals surface area contributed by atoms with Crippen LogP contribution in [0.5, 0.6) is 0 Å². The van der Waals surface area contributed by atoms with Crippen LogP contribution in [0.4, 0.5) is 0 Å². The summed E-state index contributed by atoms with van der Waals surface area (Å²) >= 11 is 0. The van der Waals surface area contributed by atoms with Crippen LogP contribution in [0.3, 0.4) is 0 Å². The molecule has 0 aliphatic carbocycles. The number of fused-ring (bicyclic) bond motifs is 1. The topological polar surface area (TPSA) is 45.4 Å². The summed E-state index contributed by atoms with van der Waals surface area (Å²) in [5.41, 5.74) is 1.39. The van der Waals surface area contributed by atoms with E-state index >= 15 is 0 Å². The van der Waals surface area contributed by atoms with Gasteiger partial charge in [0.25, 0.3) is 0 Å². The van der Waals surface area contributed by atoms with E-state index in [0.29, 0.717) is 19.0 Å². The van der Waals surface area contributed by atoms with Crippen LogP contribution in [0.2, 0.25) is 0 Å². The van der Waals surface area contributed by atoms with Crippen LogP contribution in [0.15, 0.2) is 34.9 Å². The molecule has 104 valence electrons. The number of aliphatic hydroxyl groups is 1. The highest BCUT2D eigenvalue weighted by Crippen LogP contribution is 2.21. The van der Waals surface area contributed by atoms with Gasteiger partial charge in [-0.1, -0.05) is 32.0 Å². The normalized spacial score (nSPS) is 15.0. The first-order valence-electron chi connectivity index (χ1n) is 6.86. The third-order valence-corrected chi connectivity index (χ3v) is 3.23.